The number of hydrogen-bond donors (Lipinski definition) is 1. The average Bonchev–Trinajstić information content (AvgIpc) is 3.09. The summed E-state index contributed by atoms with van der Waals surface area (Å²) in [4.78, 5) is 33.6. The second kappa shape index (κ2) is 6.12. The zero-order chi connectivity index (χ0) is 18.2. The molecule has 2 heterocycles. The monoisotopic (exact) mass is 344 g/mol. The second-order valence-corrected chi connectivity index (χ2v) is 6.16. The minimum Gasteiger partial charge on any atom is -0.451 e. The first-order valence-electron chi connectivity index (χ1n) is 7.62. The first-order chi connectivity index (χ1) is 11.8. The van der Waals surface area contributed by atoms with Crippen molar-refractivity contribution in [2.75, 3.05) is 7.05 Å². The molecule has 0 saturated heterocycles. The highest BCUT2D eigenvalue weighted by Crippen LogP contribution is 2.35. The van der Waals surface area contributed by atoms with Crippen molar-refractivity contribution in [3.8, 4) is 0 Å². The van der Waals surface area contributed by atoms with Crippen LogP contribution in [-0.4, -0.2) is 34.6 Å². The van der Waals surface area contributed by atoms with Crippen LogP contribution >= 0.6 is 0 Å². The van der Waals surface area contributed by atoms with Gasteiger partial charge in [-0.25, -0.2) is 14.4 Å². The minimum absolute atomic E-state index is 0.0121. The molecule has 0 radical (unpaired) electrons. The summed E-state index contributed by atoms with van der Waals surface area (Å²) in [7, 11) is 1.52. The molecule has 1 aliphatic heterocycles. The van der Waals surface area contributed by atoms with E-state index in [1.165, 1.54) is 36.7 Å². The molecule has 130 valence electrons. The van der Waals surface area contributed by atoms with Crippen molar-refractivity contribution < 1.29 is 18.4 Å². The lowest BCUT2D eigenvalue weighted by Crippen LogP contribution is -2.47. The van der Waals surface area contributed by atoms with Crippen LogP contribution in [-0.2, 0) is 16.8 Å². The van der Waals surface area contributed by atoms with Crippen molar-refractivity contribution >= 4 is 17.6 Å². The normalized spacial score (nSPS) is 20.5. The number of oxazole rings is 1. The van der Waals surface area contributed by atoms with E-state index in [1.807, 2.05) is 0 Å². The average molecular weight is 344 g/mol. The van der Waals surface area contributed by atoms with Gasteiger partial charge in [0.05, 0.1) is 12.0 Å². The number of rotatable bonds is 4. The standard InChI is InChI=1S/C17H17FN4O3/c1-17(7-15(24)22(2)16(19)21-17)11-5-10(3-4-12(11)18)6-14(23)13-8-25-9-20-13/h3-5,8-9H,6-7H2,1-2H3,(H2,19,21). The van der Waals surface area contributed by atoms with Gasteiger partial charge in [0.2, 0.25) is 5.91 Å². The van der Waals surface area contributed by atoms with E-state index in [2.05, 4.69) is 9.98 Å². The number of nitrogens with zero attached hydrogens (tertiary/aromatic N) is 3. The number of ketones is 1. The molecule has 1 atom stereocenters. The predicted molar refractivity (Wildman–Crippen MR) is 87.3 cm³/mol. The first kappa shape index (κ1) is 16.8. The molecule has 1 unspecified atom stereocenters. The summed E-state index contributed by atoms with van der Waals surface area (Å²) < 4.78 is 19.2. The van der Waals surface area contributed by atoms with Crippen LogP contribution in [0.2, 0.25) is 0 Å². The van der Waals surface area contributed by atoms with E-state index in [0.29, 0.717) is 5.56 Å². The summed E-state index contributed by atoms with van der Waals surface area (Å²) in [6, 6.07) is 4.33. The number of hydrogen-bond acceptors (Lipinski definition) is 6. The van der Waals surface area contributed by atoms with Crippen LogP contribution in [0.15, 0.2) is 40.3 Å². The Morgan fingerprint density at radius 3 is 2.88 bits per heavy atom. The Hall–Kier alpha value is -3.03. The number of aliphatic imine (C=N–C) groups is 1. The number of Topliss-reactive ketones (excluding diaryl/α,β-unsaturated/α-hetero) is 1. The Labute approximate surface area is 143 Å². The van der Waals surface area contributed by atoms with E-state index < -0.39 is 11.4 Å². The lowest BCUT2D eigenvalue weighted by molar-refractivity contribution is -0.128. The third-order valence-corrected chi connectivity index (χ3v) is 4.27. The van der Waals surface area contributed by atoms with Gasteiger partial charge < -0.3 is 10.2 Å². The minimum atomic E-state index is -1.12. The third-order valence-electron chi connectivity index (χ3n) is 4.27. The number of carbonyl (C=O) groups excluding carboxylic acids is 2. The Morgan fingerprint density at radius 1 is 1.48 bits per heavy atom. The van der Waals surface area contributed by atoms with E-state index in [-0.39, 0.29) is 41.7 Å². The molecule has 25 heavy (non-hydrogen) atoms. The number of halogens is 1. The lowest BCUT2D eigenvalue weighted by Gasteiger charge is -2.34. The molecule has 3 rings (SSSR count). The van der Waals surface area contributed by atoms with Crippen LogP contribution in [0.1, 0.15) is 35.0 Å². The van der Waals surface area contributed by atoms with Crippen LogP contribution in [0.5, 0.6) is 0 Å². The maximum absolute atomic E-state index is 14.4. The summed E-state index contributed by atoms with van der Waals surface area (Å²) in [5.41, 5.74) is 5.67. The predicted octanol–water partition coefficient (Wildman–Crippen LogP) is 1.63. The van der Waals surface area contributed by atoms with Crippen molar-refractivity contribution in [2.24, 2.45) is 10.7 Å². The number of amides is 1. The SMILES string of the molecule is CN1C(=O)CC(C)(c2cc(CC(=O)c3cocn3)ccc2F)N=C1N. The van der Waals surface area contributed by atoms with Crippen LogP contribution in [0.25, 0.3) is 0 Å². The van der Waals surface area contributed by atoms with Gasteiger partial charge in [-0.15, -0.1) is 0 Å². The molecule has 8 heteroatoms. The maximum atomic E-state index is 14.4. The summed E-state index contributed by atoms with van der Waals surface area (Å²) in [5, 5.41) is 0. The topological polar surface area (TPSA) is 102 Å². The Morgan fingerprint density at radius 2 is 2.24 bits per heavy atom. The number of carbonyl (C=O) groups is 2. The first-order valence-corrected chi connectivity index (χ1v) is 7.62. The van der Waals surface area contributed by atoms with E-state index in [9.17, 15) is 14.0 Å². The summed E-state index contributed by atoms with van der Waals surface area (Å²) >= 11 is 0. The van der Waals surface area contributed by atoms with Crippen molar-refractivity contribution in [3.05, 3.63) is 53.5 Å². The van der Waals surface area contributed by atoms with Gasteiger partial charge in [0, 0.05) is 19.0 Å². The molecular weight excluding hydrogens is 327 g/mol. The molecule has 1 amide bonds. The molecular formula is C17H17FN4O3. The van der Waals surface area contributed by atoms with Crippen molar-refractivity contribution in [3.63, 3.8) is 0 Å². The fraction of sp³-hybridized carbons (Fsp3) is 0.294. The Bertz CT molecular complexity index is 863. The van der Waals surface area contributed by atoms with Gasteiger partial charge in [0.15, 0.2) is 18.1 Å². The van der Waals surface area contributed by atoms with Crippen LogP contribution < -0.4 is 5.73 Å². The van der Waals surface area contributed by atoms with E-state index >= 15 is 0 Å². The van der Waals surface area contributed by atoms with Crippen LogP contribution in [0.4, 0.5) is 4.39 Å². The van der Waals surface area contributed by atoms with Gasteiger partial charge in [-0.2, -0.15) is 0 Å². The van der Waals surface area contributed by atoms with Crippen LogP contribution in [0.3, 0.4) is 0 Å². The molecule has 0 saturated carbocycles. The number of benzene rings is 1. The number of guanidine groups is 1. The molecule has 0 bridgehead atoms. The summed E-state index contributed by atoms with van der Waals surface area (Å²) in [6.45, 7) is 1.65. The van der Waals surface area contributed by atoms with Gasteiger partial charge in [-0.1, -0.05) is 6.07 Å². The van der Waals surface area contributed by atoms with Crippen molar-refractivity contribution in [2.45, 2.75) is 25.3 Å². The number of aromatic nitrogens is 1. The second-order valence-electron chi connectivity index (χ2n) is 6.16. The molecule has 0 aliphatic carbocycles. The Kier molecular flexibility index (Phi) is 4.12. The van der Waals surface area contributed by atoms with Gasteiger partial charge >= 0.3 is 0 Å². The van der Waals surface area contributed by atoms with Crippen LogP contribution in [0, 0.1) is 5.82 Å². The van der Waals surface area contributed by atoms with Crippen molar-refractivity contribution in [1.82, 2.24) is 9.88 Å². The molecule has 2 N–H and O–H groups in total. The summed E-state index contributed by atoms with van der Waals surface area (Å²) in [6.07, 6.45) is 2.45. The van der Waals surface area contributed by atoms with Crippen molar-refractivity contribution in [1.29, 1.82) is 0 Å². The Balaban J connectivity index is 1.95. The fourth-order valence-corrected chi connectivity index (χ4v) is 2.78. The lowest BCUT2D eigenvalue weighted by atomic mass is 9.85. The molecule has 0 spiro atoms. The highest BCUT2D eigenvalue weighted by atomic mass is 19.1. The molecule has 1 aliphatic rings. The maximum Gasteiger partial charge on any atom is 0.231 e. The molecule has 1 aromatic heterocycles. The molecule has 2 aromatic rings. The van der Waals surface area contributed by atoms with Gasteiger partial charge in [0.25, 0.3) is 0 Å². The van der Waals surface area contributed by atoms with E-state index in [1.54, 1.807) is 13.0 Å². The highest BCUT2D eigenvalue weighted by Gasteiger charge is 2.38. The van der Waals surface area contributed by atoms with Gasteiger partial charge in [-0.05, 0) is 24.6 Å². The quantitative estimate of drug-likeness (QED) is 0.850. The number of nitrogens with two attached hydrogens (primary N) is 1. The molecule has 7 nitrogen and oxygen atoms in total. The van der Waals surface area contributed by atoms with Gasteiger partial charge in [0.1, 0.15) is 17.8 Å². The fourth-order valence-electron chi connectivity index (χ4n) is 2.78. The van der Waals surface area contributed by atoms with E-state index in [4.69, 9.17) is 10.2 Å². The third kappa shape index (κ3) is 3.15. The summed E-state index contributed by atoms with van der Waals surface area (Å²) in [5.74, 6) is -0.978. The van der Waals surface area contributed by atoms with E-state index in [0.717, 1.165) is 0 Å². The largest absolute Gasteiger partial charge is 0.451 e. The zero-order valence-corrected chi connectivity index (χ0v) is 13.8. The molecule has 0 fully saturated rings. The molecule has 1 aromatic carbocycles. The zero-order valence-electron chi connectivity index (χ0n) is 13.8. The smallest absolute Gasteiger partial charge is 0.231 e. The highest BCUT2D eigenvalue weighted by molar-refractivity contribution is 5.99. The van der Waals surface area contributed by atoms with Gasteiger partial charge in [-0.3, -0.25) is 14.5 Å².